The summed E-state index contributed by atoms with van der Waals surface area (Å²) in [6.45, 7) is 2.61. The van der Waals surface area contributed by atoms with E-state index in [9.17, 15) is 4.79 Å². The Balaban J connectivity index is 2.80. The van der Waals surface area contributed by atoms with Crippen LogP contribution in [0, 0.1) is 6.92 Å². The zero-order chi connectivity index (χ0) is 13.5. The molecule has 0 bridgehead atoms. The van der Waals surface area contributed by atoms with Gasteiger partial charge in [-0.05, 0) is 29.6 Å². The number of nitrogens with zero attached hydrogens (tertiary/aromatic N) is 3. The molecule has 1 rings (SSSR count). The molecule has 3 N–H and O–H groups in total. The fourth-order valence-electron chi connectivity index (χ4n) is 1.53. The first kappa shape index (κ1) is 14.5. The number of hydrogen-bond donors (Lipinski definition) is 2. The van der Waals surface area contributed by atoms with E-state index in [1.165, 1.54) is 0 Å². The van der Waals surface area contributed by atoms with Gasteiger partial charge >= 0.3 is 0 Å². The third-order valence-electron chi connectivity index (χ3n) is 2.42. The van der Waals surface area contributed by atoms with Crippen LogP contribution in [0.25, 0.3) is 10.4 Å². The monoisotopic (exact) mass is 311 g/mol. The Morgan fingerprint density at radius 3 is 2.94 bits per heavy atom. The molecule has 0 heterocycles. The highest BCUT2D eigenvalue weighted by molar-refractivity contribution is 9.10. The van der Waals surface area contributed by atoms with Gasteiger partial charge < -0.3 is 11.1 Å². The second-order valence-electron chi connectivity index (χ2n) is 3.75. The van der Waals surface area contributed by atoms with Gasteiger partial charge in [0.15, 0.2) is 0 Å². The van der Waals surface area contributed by atoms with Crippen LogP contribution in [-0.4, -0.2) is 19.0 Å². The van der Waals surface area contributed by atoms with Crippen LogP contribution in [0.3, 0.4) is 0 Å². The fraction of sp³-hybridized carbons (Fsp3) is 0.364. The number of primary amides is 1. The molecule has 0 aliphatic heterocycles. The van der Waals surface area contributed by atoms with E-state index in [-0.39, 0.29) is 6.54 Å². The Morgan fingerprint density at radius 1 is 1.67 bits per heavy atom. The zero-order valence-electron chi connectivity index (χ0n) is 9.93. The van der Waals surface area contributed by atoms with Crippen molar-refractivity contribution in [3.05, 3.63) is 44.2 Å². The second kappa shape index (κ2) is 7.00. The van der Waals surface area contributed by atoms with Crippen molar-refractivity contribution < 1.29 is 4.79 Å². The number of carbonyl (C=O) groups is 1. The van der Waals surface area contributed by atoms with Crippen molar-refractivity contribution >= 4 is 21.8 Å². The number of rotatable bonds is 6. The highest BCUT2D eigenvalue weighted by Gasteiger charge is 2.17. The van der Waals surface area contributed by atoms with Gasteiger partial charge in [-0.25, -0.2) is 0 Å². The molecule has 0 aromatic heterocycles. The molecule has 0 fully saturated rings. The molecule has 6 nitrogen and oxygen atoms in total. The molecular formula is C11H14BrN5O. The Hall–Kier alpha value is -1.56. The Labute approximate surface area is 113 Å². The van der Waals surface area contributed by atoms with E-state index >= 15 is 0 Å². The number of nitrogens with two attached hydrogens (primary N) is 1. The molecule has 0 saturated carbocycles. The summed E-state index contributed by atoms with van der Waals surface area (Å²) < 4.78 is 0.976. The summed E-state index contributed by atoms with van der Waals surface area (Å²) in [5, 5.41) is 6.35. The topological polar surface area (TPSA) is 104 Å². The lowest BCUT2D eigenvalue weighted by Gasteiger charge is -2.16. The van der Waals surface area contributed by atoms with Crippen LogP contribution in [0.4, 0.5) is 0 Å². The summed E-state index contributed by atoms with van der Waals surface area (Å²) in [6, 6.07) is 5.01. The largest absolute Gasteiger partial charge is 0.368 e. The highest BCUT2D eigenvalue weighted by atomic mass is 79.9. The lowest BCUT2D eigenvalue weighted by atomic mass is 10.0. The smallest absolute Gasteiger partial charge is 0.239 e. The lowest BCUT2D eigenvalue weighted by molar-refractivity contribution is -0.120. The Kier molecular flexibility index (Phi) is 5.64. The summed E-state index contributed by atoms with van der Waals surface area (Å²) in [6.07, 6.45) is 0. The van der Waals surface area contributed by atoms with Gasteiger partial charge in [-0.1, -0.05) is 33.2 Å². The van der Waals surface area contributed by atoms with E-state index in [0.717, 1.165) is 15.6 Å². The average molecular weight is 312 g/mol. The average Bonchev–Trinajstić information content (AvgIpc) is 2.32. The molecule has 1 unspecified atom stereocenters. The number of hydrogen-bond acceptors (Lipinski definition) is 3. The van der Waals surface area contributed by atoms with Gasteiger partial charge in [0.25, 0.3) is 0 Å². The third kappa shape index (κ3) is 4.03. The molecule has 0 aliphatic rings. The van der Waals surface area contributed by atoms with E-state index in [0.29, 0.717) is 6.54 Å². The standard InChI is InChI=1S/C11H14BrN5O/c1-7-6-8(2-3-9(7)12)10(11(13)18)15-4-5-16-17-14/h2-3,6,10,15H,4-5H2,1H3,(H2,13,18). The van der Waals surface area contributed by atoms with Crippen LogP contribution >= 0.6 is 15.9 Å². The summed E-state index contributed by atoms with van der Waals surface area (Å²) in [4.78, 5) is 14.0. The van der Waals surface area contributed by atoms with Crippen molar-refractivity contribution in [2.75, 3.05) is 13.1 Å². The minimum Gasteiger partial charge on any atom is -0.368 e. The molecule has 96 valence electrons. The Morgan fingerprint density at radius 2 is 2.39 bits per heavy atom. The van der Waals surface area contributed by atoms with Crippen molar-refractivity contribution in [1.29, 1.82) is 0 Å². The Bertz CT molecular complexity index is 484. The molecular weight excluding hydrogens is 298 g/mol. The SMILES string of the molecule is Cc1cc(C(NCCN=[N+]=[N-])C(N)=O)ccc1Br. The molecule has 0 radical (unpaired) electrons. The van der Waals surface area contributed by atoms with Crippen molar-refractivity contribution in [2.45, 2.75) is 13.0 Å². The molecule has 1 amide bonds. The van der Waals surface area contributed by atoms with Crippen LogP contribution in [0.2, 0.25) is 0 Å². The van der Waals surface area contributed by atoms with E-state index in [1.807, 2.05) is 25.1 Å². The van der Waals surface area contributed by atoms with E-state index in [2.05, 4.69) is 31.3 Å². The first-order valence-electron chi connectivity index (χ1n) is 5.36. The number of carbonyl (C=O) groups excluding carboxylic acids is 1. The summed E-state index contributed by atoms with van der Waals surface area (Å²) in [7, 11) is 0. The highest BCUT2D eigenvalue weighted by Crippen LogP contribution is 2.21. The molecule has 18 heavy (non-hydrogen) atoms. The number of amides is 1. The van der Waals surface area contributed by atoms with Crippen LogP contribution < -0.4 is 11.1 Å². The predicted octanol–water partition coefficient (Wildman–Crippen LogP) is 2.18. The molecule has 0 saturated heterocycles. The van der Waals surface area contributed by atoms with E-state index in [4.69, 9.17) is 11.3 Å². The molecule has 1 atom stereocenters. The van der Waals surface area contributed by atoms with Gasteiger partial charge in [0, 0.05) is 22.5 Å². The van der Waals surface area contributed by atoms with Gasteiger partial charge in [0.1, 0.15) is 6.04 Å². The predicted molar refractivity (Wildman–Crippen MR) is 72.8 cm³/mol. The van der Waals surface area contributed by atoms with Gasteiger partial charge in [-0.3, -0.25) is 4.79 Å². The van der Waals surface area contributed by atoms with Crippen LogP contribution in [0.5, 0.6) is 0 Å². The van der Waals surface area contributed by atoms with Gasteiger partial charge in [-0.15, -0.1) is 0 Å². The number of nitrogens with one attached hydrogen (secondary N) is 1. The first-order chi connectivity index (χ1) is 8.56. The lowest BCUT2D eigenvalue weighted by Crippen LogP contribution is -2.35. The molecule has 1 aromatic carbocycles. The maximum absolute atomic E-state index is 11.4. The zero-order valence-corrected chi connectivity index (χ0v) is 11.5. The van der Waals surface area contributed by atoms with Crippen LogP contribution in [0.15, 0.2) is 27.8 Å². The third-order valence-corrected chi connectivity index (χ3v) is 3.31. The summed E-state index contributed by atoms with van der Waals surface area (Å²) in [5.74, 6) is -0.461. The number of halogens is 1. The number of aryl methyl sites for hydroxylation is 1. The minimum atomic E-state index is -0.578. The molecule has 1 aromatic rings. The van der Waals surface area contributed by atoms with Crippen molar-refractivity contribution in [3.63, 3.8) is 0 Å². The minimum absolute atomic E-state index is 0.274. The van der Waals surface area contributed by atoms with Crippen molar-refractivity contribution in [3.8, 4) is 0 Å². The van der Waals surface area contributed by atoms with Crippen LogP contribution in [0.1, 0.15) is 17.2 Å². The molecule has 7 heteroatoms. The van der Waals surface area contributed by atoms with Crippen LogP contribution in [-0.2, 0) is 4.79 Å². The summed E-state index contributed by atoms with van der Waals surface area (Å²) in [5.41, 5.74) is 15.3. The van der Waals surface area contributed by atoms with E-state index in [1.54, 1.807) is 0 Å². The van der Waals surface area contributed by atoms with Crippen molar-refractivity contribution in [1.82, 2.24) is 5.32 Å². The molecule has 0 aliphatic carbocycles. The normalized spacial score (nSPS) is 11.7. The van der Waals surface area contributed by atoms with Gasteiger partial charge in [0.2, 0.25) is 5.91 Å². The van der Waals surface area contributed by atoms with Gasteiger partial charge in [-0.2, -0.15) is 0 Å². The maximum atomic E-state index is 11.4. The first-order valence-corrected chi connectivity index (χ1v) is 6.15. The fourth-order valence-corrected chi connectivity index (χ4v) is 1.78. The number of azide groups is 1. The second-order valence-corrected chi connectivity index (χ2v) is 4.61. The quantitative estimate of drug-likeness (QED) is 0.364. The molecule has 0 spiro atoms. The maximum Gasteiger partial charge on any atom is 0.239 e. The number of benzene rings is 1. The summed E-state index contributed by atoms with van der Waals surface area (Å²) >= 11 is 3.40. The van der Waals surface area contributed by atoms with Gasteiger partial charge in [0.05, 0.1) is 0 Å². The van der Waals surface area contributed by atoms with Crippen molar-refractivity contribution in [2.24, 2.45) is 10.8 Å². The van der Waals surface area contributed by atoms with E-state index < -0.39 is 11.9 Å².